The van der Waals surface area contributed by atoms with Gasteiger partial charge in [-0.25, -0.2) is 0 Å². The Balaban J connectivity index is 2.23. The molecule has 0 spiro atoms. The lowest BCUT2D eigenvalue weighted by molar-refractivity contribution is 0.582. The Morgan fingerprint density at radius 3 is 2.38 bits per heavy atom. The molecule has 13 heavy (non-hydrogen) atoms. The summed E-state index contributed by atoms with van der Waals surface area (Å²) in [6.45, 7) is 7.01. The van der Waals surface area contributed by atoms with E-state index in [1.54, 1.807) is 0 Å². The van der Waals surface area contributed by atoms with Gasteiger partial charge in [-0.2, -0.15) is 11.8 Å². The highest BCUT2D eigenvalue weighted by Gasteiger charge is 2.25. The first kappa shape index (κ1) is 11.4. The van der Waals surface area contributed by atoms with Crippen LogP contribution >= 0.6 is 11.8 Å². The van der Waals surface area contributed by atoms with Crippen molar-refractivity contribution in [2.45, 2.75) is 56.6 Å². The minimum absolute atomic E-state index is 0.789. The lowest BCUT2D eigenvalue weighted by Crippen LogP contribution is -2.22. The van der Waals surface area contributed by atoms with Gasteiger partial charge in [0.2, 0.25) is 0 Å². The highest BCUT2D eigenvalue weighted by atomic mass is 32.2. The summed E-state index contributed by atoms with van der Waals surface area (Å²) >= 11 is 2.19. The highest BCUT2D eigenvalue weighted by molar-refractivity contribution is 8.00. The molecule has 0 aromatic rings. The highest BCUT2D eigenvalue weighted by Crippen LogP contribution is 2.34. The van der Waals surface area contributed by atoms with E-state index in [9.17, 15) is 0 Å². The fourth-order valence-electron chi connectivity index (χ4n) is 1.79. The first-order chi connectivity index (χ1) is 6.13. The second kappa shape index (κ2) is 5.26. The third kappa shape index (κ3) is 3.51. The van der Waals surface area contributed by atoms with Crippen molar-refractivity contribution in [3.63, 3.8) is 0 Å². The molecular weight excluding hydrogens is 178 g/mol. The minimum Gasteiger partial charge on any atom is -0.317 e. The van der Waals surface area contributed by atoms with Crippen molar-refractivity contribution in [2.24, 2.45) is 5.92 Å². The molecule has 2 heteroatoms. The van der Waals surface area contributed by atoms with Gasteiger partial charge in [-0.15, -0.1) is 0 Å². The molecule has 1 fully saturated rings. The Morgan fingerprint density at radius 1 is 1.23 bits per heavy atom. The first-order valence-electron chi connectivity index (χ1n) is 5.46. The molecule has 0 saturated heterocycles. The van der Waals surface area contributed by atoms with Crippen LogP contribution in [0, 0.1) is 5.92 Å². The smallest absolute Gasteiger partial charge is 0.00750 e. The van der Waals surface area contributed by atoms with Gasteiger partial charge in [-0.1, -0.05) is 20.8 Å². The first-order valence-corrected chi connectivity index (χ1v) is 6.40. The Bertz CT molecular complexity index is 147. The molecule has 78 valence electrons. The molecule has 0 aromatic heterocycles. The molecular formula is C11H23NS. The lowest BCUT2D eigenvalue weighted by atomic mass is 10.2. The van der Waals surface area contributed by atoms with Crippen LogP contribution in [0.25, 0.3) is 0 Å². The fraction of sp³-hybridized carbons (Fsp3) is 1.00. The van der Waals surface area contributed by atoms with Gasteiger partial charge >= 0.3 is 0 Å². The van der Waals surface area contributed by atoms with Crippen molar-refractivity contribution in [2.75, 3.05) is 7.05 Å². The maximum atomic E-state index is 3.38. The molecule has 0 radical (unpaired) electrons. The molecule has 1 aliphatic carbocycles. The van der Waals surface area contributed by atoms with Gasteiger partial charge in [0, 0.05) is 16.5 Å². The minimum atomic E-state index is 0.789. The normalized spacial score (nSPS) is 31.2. The summed E-state index contributed by atoms with van der Waals surface area (Å²) in [5.74, 6) is 0.818. The molecule has 1 nitrogen and oxygen atoms in total. The average Bonchev–Trinajstić information content (AvgIpc) is 2.52. The summed E-state index contributed by atoms with van der Waals surface area (Å²) in [6, 6.07) is 0.789. The molecule has 0 bridgehead atoms. The van der Waals surface area contributed by atoms with Crippen molar-refractivity contribution in [3.8, 4) is 0 Å². The van der Waals surface area contributed by atoms with Crippen LogP contribution in [-0.4, -0.2) is 23.6 Å². The van der Waals surface area contributed by atoms with E-state index >= 15 is 0 Å². The molecule has 1 rings (SSSR count). The Hall–Kier alpha value is 0.310. The summed E-state index contributed by atoms with van der Waals surface area (Å²) in [5.41, 5.74) is 0. The number of rotatable bonds is 4. The molecule has 0 heterocycles. The topological polar surface area (TPSA) is 12.0 Å². The molecule has 1 saturated carbocycles. The van der Waals surface area contributed by atoms with Crippen LogP contribution in [0.5, 0.6) is 0 Å². The van der Waals surface area contributed by atoms with E-state index in [0.717, 1.165) is 22.5 Å². The predicted molar refractivity (Wildman–Crippen MR) is 62.4 cm³/mol. The maximum Gasteiger partial charge on any atom is 0.00750 e. The Morgan fingerprint density at radius 2 is 1.92 bits per heavy atom. The molecule has 3 unspecified atom stereocenters. The van der Waals surface area contributed by atoms with Crippen molar-refractivity contribution in [3.05, 3.63) is 0 Å². The SMILES string of the molecule is CNC1CCC(SC(C)C(C)C)C1. The van der Waals surface area contributed by atoms with Gasteiger partial charge in [-0.3, -0.25) is 0 Å². The average molecular weight is 201 g/mol. The van der Waals surface area contributed by atoms with Crippen molar-refractivity contribution in [1.29, 1.82) is 0 Å². The molecule has 1 N–H and O–H groups in total. The largest absolute Gasteiger partial charge is 0.317 e. The van der Waals surface area contributed by atoms with Gasteiger partial charge in [0.25, 0.3) is 0 Å². The number of nitrogens with one attached hydrogen (secondary N) is 1. The molecule has 3 atom stereocenters. The van der Waals surface area contributed by atoms with Gasteiger partial charge in [0.1, 0.15) is 0 Å². The van der Waals surface area contributed by atoms with E-state index < -0.39 is 0 Å². The summed E-state index contributed by atoms with van der Waals surface area (Å²) in [6.07, 6.45) is 4.16. The van der Waals surface area contributed by atoms with Gasteiger partial charge < -0.3 is 5.32 Å². The quantitative estimate of drug-likeness (QED) is 0.750. The second-order valence-corrected chi connectivity index (χ2v) is 6.19. The summed E-state index contributed by atoms with van der Waals surface area (Å²) in [5, 5.41) is 5.11. The van der Waals surface area contributed by atoms with E-state index in [0.29, 0.717) is 0 Å². The van der Waals surface area contributed by atoms with Crippen LogP contribution in [0.15, 0.2) is 0 Å². The summed E-state index contributed by atoms with van der Waals surface area (Å²) in [4.78, 5) is 0. The molecule has 0 aromatic carbocycles. The lowest BCUT2D eigenvalue weighted by Gasteiger charge is -2.19. The van der Waals surface area contributed by atoms with Gasteiger partial charge in [0.15, 0.2) is 0 Å². The number of hydrogen-bond donors (Lipinski definition) is 1. The van der Waals surface area contributed by atoms with Crippen LogP contribution in [-0.2, 0) is 0 Å². The van der Waals surface area contributed by atoms with E-state index in [1.807, 2.05) is 0 Å². The van der Waals surface area contributed by atoms with Crippen molar-refractivity contribution < 1.29 is 0 Å². The van der Waals surface area contributed by atoms with Crippen LogP contribution in [0.3, 0.4) is 0 Å². The monoisotopic (exact) mass is 201 g/mol. The van der Waals surface area contributed by atoms with E-state index in [1.165, 1.54) is 19.3 Å². The van der Waals surface area contributed by atoms with Crippen LogP contribution in [0.1, 0.15) is 40.0 Å². The Kier molecular flexibility index (Phi) is 4.60. The van der Waals surface area contributed by atoms with Gasteiger partial charge in [0.05, 0.1) is 0 Å². The predicted octanol–water partition coefficient (Wildman–Crippen LogP) is 2.90. The zero-order chi connectivity index (χ0) is 9.84. The number of hydrogen-bond acceptors (Lipinski definition) is 2. The standard InChI is InChI=1S/C11H23NS/c1-8(2)9(3)13-11-6-5-10(7-11)12-4/h8-12H,5-7H2,1-4H3. The van der Waals surface area contributed by atoms with Crippen LogP contribution in [0.4, 0.5) is 0 Å². The van der Waals surface area contributed by atoms with E-state index in [2.05, 4.69) is 44.9 Å². The number of thioether (sulfide) groups is 1. The maximum absolute atomic E-state index is 3.38. The van der Waals surface area contributed by atoms with E-state index in [-0.39, 0.29) is 0 Å². The zero-order valence-corrected chi connectivity index (χ0v) is 10.2. The Labute approximate surface area is 87.1 Å². The fourth-order valence-corrected chi connectivity index (χ4v) is 3.32. The summed E-state index contributed by atoms with van der Waals surface area (Å²) < 4.78 is 0. The van der Waals surface area contributed by atoms with Crippen LogP contribution < -0.4 is 5.32 Å². The third-order valence-corrected chi connectivity index (χ3v) is 4.93. The zero-order valence-electron chi connectivity index (χ0n) is 9.34. The third-order valence-electron chi connectivity index (χ3n) is 3.14. The molecule has 0 aliphatic heterocycles. The van der Waals surface area contributed by atoms with Crippen LogP contribution in [0.2, 0.25) is 0 Å². The van der Waals surface area contributed by atoms with Crippen molar-refractivity contribution >= 4 is 11.8 Å². The van der Waals surface area contributed by atoms with E-state index in [4.69, 9.17) is 0 Å². The van der Waals surface area contributed by atoms with Gasteiger partial charge in [-0.05, 0) is 32.2 Å². The molecule has 0 amide bonds. The summed E-state index contributed by atoms with van der Waals surface area (Å²) in [7, 11) is 2.09. The molecule has 1 aliphatic rings. The second-order valence-electron chi connectivity index (χ2n) is 4.51. The van der Waals surface area contributed by atoms with Crippen molar-refractivity contribution in [1.82, 2.24) is 5.32 Å².